The molecule has 1 aliphatic heterocycles. The van der Waals surface area contributed by atoms with E-state index in [4.69, 9.17) is 23.8 Å². The number of aromatic nitrogens is 2. The monoisotopic (exact) mass is 457 g/mol. The van der Waals surface area contributed by atoms with Gasteiger partial charge in [0.05, 0.1) is 6.54 Å². The van der Waals surface area contributed by atoms with Crippen molar-refractivity contribution in [3.8, 4) is 0 Å². The third-order valence-corrected chi connectivity index (χ3v) is 6.25. The lowest BCUT2D eigenvalue weighted by Crippen LogP contribution is -2.49. The summed E-state index contributed by atoms with van der Waals surface area (Å²) < 4.78 is 15.2. The van der Waals surface area contributed by atoms with Crippen molar-refractivity contribution in [1.29, 1.82) is 0 Å². The van der Waals surface area contributed by atoms with Crippen LogP contribution in [0.2, 0.25) is 5.02 Å². The normalized spacial score (nSPS) is 14.6. The zero-order valence-corrected chi connectivity index (χ0v) is 19.0. The SMILES string of the molecule is Cc1ccccc1Cn1ccc(NC(=S)N2CCN(Cc3ccc(F)cc3Cl)CC2)n1. The Morgan fingerprint density at radius 2 is 1.84 bits per heavy atom. The van der Waals surface area contributed by atoms with E-state index >= 15 is 0 Å². The fourth-order valence-electron chi connectivity index (χ4n) is 3.67. The minimum Gasteiger partial charge on any atom is -0.346 e. The van der Waals surface area contributed by atoms with Crippen molar-refractivity contribution in [2.75, 3.05) is 31.5 Å². The van der Waals surface area contributed by atoms with E-state index in [1.165, 1.54) is 23.3 Å². The van der Waals surface area contributed by atoms with Crippen molar-refractivity contribution in [1.82, 2.24) is 19.6 Å². The Bertz CT molecular complexity index is 1060. The van der Waals surface area contributed by atoms with Crippen LogP contribution in [0, 0.1) is 12.7 Å². The summed E-state index contributed by atoms with van der Waals surface area (Å²) in [5.41, 5.74) is 3.44. The smallest absolute Gasteiger partial charge is 0.174 e. The number of aryl methyl sites for hydroxylation is 1. The van der Waals surface area contributed by atoms with E-state index in [1.54, 1.807) is 6.07 Å². The summed E-state index contributed by atoms with van der Waals surface area (Å²) in [6.45, 7) is 6.89. The molecule has 0 aliphatic carbocycles. The molecule has 2 aromatic carbocycles. The third-order valence-electron chi connectivity index (χ3n) is 5.54. The Balaban J connectivity index is 1.27. The number of benzene rings is 2. The Hall–Kier alpha value is -2.48. The zero-order chi connectivity index (χ0) is 21.8. The largest absolute Gasteiger partial charge is 0.346 e. The van der Waals surface area contributed by atoms with Gasteiger partial charge in [-0.3, -0.25) is 9.58 Å². The molecule has 0 bridgehead atoms. The molecule has 0 spiro atoms. The van der Waals surface area contributed by atoms with Gasteiger partial charge in [0.1, 0.15) is 5.82 Å². The predicted octanol–water partition coefficient (Wildman–Crippen LogP) is 4.55. The molecule has 2 heterocycles. The van der Waals surface area contributed by atoms with E-state index in [0.717, 1.165) is 44.1 Å². The summed E-state index contributed by atoms with van der Waals surface area (Å²) in [6, 6.07) is 14.8. The standard InChI is InChI=1S/C23H25ClFN5S/c1-17-4-2-3-5-18(17)16-30-9-8-22(27-30)26-23(31)29-12-10-28(11-13-29)15-19-6-7-20(25)14-21(19)24/h2-9,14H,10-13,15-16H2,1H3,(H,26,27,31). The lowest BCUT2D eigenvalue weighted by molar-refractivity contribution is 0.177. The second-order valence-corrected chi connectivity index (χ2v) is 8.55. The lowest BCUT2D eigenvalue weighted by Gasteiger charge is -2.36. The predicted molar refractivity (Wildman–Crippen MR) is 127 cm³/mol. The van der Waals surface area contributed by atoms with E-state index in [-0.39, 0.29) is 5.82 Å². The Labute approximate surface area is 192 Å². The molecule has 8 heteroatoms. The van der Waals surface area contributed by atoms with Gasteiger partial charge in [0.2, 0.25) is 0 Å². The van der Waals surface area contributed by atoms with Crippen molar-refractivity contribution < 1.29 is 4.39 Å². The summed E-state index contributed by atoms with van der Waals surface area (Å²) in [7, 11) is 0. The molecular formula is C23H25ClFN5S. The molecule has 5 nitrogen and oxygen atoms in total. The molecule has 0 radical (unpaired) electrons. The van der Waals surface area contributed by atoms with Crippen LogP contribution in [0.15, 0.2) is 54.7 Å². The van der Waals surface area contributed by atoms with Crippen LogP contribution in [0.4, 0.5) is 10.2 Å². The second kappa shape index (κ2) is 9.77. The highest BCUT2D eigenvalue weighted by Crippen LogP contribution is 2.20. The summed E-state index contributed by atoms with van der Waals surface area (Å²) in [6.07, 6.45) is 1.96. The molecule has 1 saturated heterocycles. The first kappa shape index (κ1) is 21.7. The summed E-state index contributed by atoms with van der Waals surface area (Å²) in [5, 5.41) is 9.02. The number of nitrogens with one attached hydrogen (secondary N) is 1. The first-order chi connectivity index (χ1) is 15.0. The number of nitrogens with zero attached hydrogens (tertiary/aromatic N) is 4. The van der Waals surface area contributed by atoms with Gasteiger partial charge in [-0.15, -0.1) is 0 Å². The van der Waals surface area contributed by atoms with Gasteiger partial charge in [-0.25, -0.2) is 4.39 Å². The number of thiocarbonyl (C=S) groups is 1. The molecule has 0 amide bonds. The van der Waals surface area contributed by atoms with E-state index in [0.29, 0.717) is 16.7 Å². The summed E-state index contributed by atoms with van der Waals surface area (Å²) in [5.74, 6) is 0.440. The van der Waals surface area contributed by atoms with Gasteiger partial charge in [0.25, 0.3) is 0 Å². The third kappa shape index (κ3) is 5.61. The number of piperazine rings is 1. The quantitative estimate of drug-likeness (QED) is 0.569. The maximum Gasteiger partial charge on any atom is 0.174 e. The first-order valence-electron chi connectivity index (χ1n) is 10.3. The average Bonchev–Trinajstić information content (AvgIpc) is 3.19. The maximum atomic E-state index is 13.2. The van der Waals surface area contributed by atoms with Crippen LogP contribution in [0.1, 0.15) is 16.7 Å². The molecule has 1 aliphatic rings. The molecule has 1 N–H and O–H groups in total. The average molecular weight is 458 g/mol. The van der Waals surface area contributed by atoms with Gasteiger partial charge in [-0.1, -0.05) is 41.9 Å². The molecule has 1 aromatic heterocycles. The van der Waals surface area contributed by atoms with Crippen molar-refractivity contribution in [2.24, 2.45) is 0 Å². The molecular weight excluding hydrogens is 433 g/mol. The lowest BCUT2D eigenvalue weighted by atomic mass is 10.1. The number of rotatable bonds is 5. The van der Waals surface area contributed by atoms with Crippen LogP contribution in [0.25, 0.3) is 0 Å². The van der Waals surface area contributed by atoms with Gasteiger partial charge < -0.3 is 10.2 Å². The van der Waals surface area contributed by atoms with Crippen LogP contribution < -0.4 is 5.32 Å². The number of halogens is 2. The van der Waals surface area contributed by atoms with Gasteiger partial charge in [-0.05, 0) is 48.0 Å². The van der Waals surface area contributed by atoms with Crippen LogP contribution in [-0.2, 0) is 13.1 Å². The number of hydrogen-bond acceptors (Lipinski definition) is 3. The van der Waals surface area contributed by atoms with Gasteiger partial charge in [0.15, 0.2) is 10.9 Å². The molecule has 0 saturated carbocycles. The molecule has 162 valence electrons. The van der Waals surface area contributed by atoms with E-state index < -0.39 is 0 Å². The molecule has 31 heavy (non-hydrogen) atoms. The molecule has 0 atom stereocenters. The van der Waals surface area contributed by atoms with E-state index in [1.807, 2.05) is 29.1 Å². The summed E-state index contributed by atoms with van der Waals surface area (Å²) >= 11 is 11.8. The summed E-state index contributed by atoms with van der Waals surface area (Å²) in [4.78, 5) is 4.45. The van der Waals surface area contributed by atoms with Crippen molar-refractivity contribution >= 4 is 34.7 Å². The van der Waals surface area contributed by atoms with Gasteiger partial charge in [-0.2, -0.15) is 5.10 Å². The highest BCUT2D eigenvalue weighted by molar-refractivity contribution is 7.80. The number of hydrogen-bond donors (Lipinski definition) is 1. The molecule has 3 aromatic rings. The Kier molecular flexibility index (Phi) is 6.85. The molecule has 4 rings (SSSR count). The Morgan fingerprint density at radius 1 is 1.06 bits per heavy atom. The minimum absolute atomic E-state index is 0.309. The van der Waals surface area contributed by atoms with Crippen LogP contribution >= 0.6 is 23.8 Å². The van der Waals surface area contributed by atoms with Crippen molar-refractivity contribution in [3.05, 3.63) is 82.3 Å². The van der Waals surface area contributed by atoms with E-state index in [9.17, 15) is 4.39 Å². The molecule has 0 unspecified atom stereocenters. The van der Waals surface area contributed by atoms with Gasteiger partial charge in [0, 0.05) is 50.0 Å². The van der Waals surface area contributed by atoms with Crippen molar-refractivity contribution in [2.45, 2.75) is 20.0 Å². The van der Waals surface area contributed by atoms with E-state index in [2.05, 4.69) is 39.3 Å². The fraction of sp³-hybridized carbons (Fsp3) is 0.304. The van der Waals surface area contributed by atoms with Gasteiger partial charge >= 0.3 is 0 Å². The molecule has 1 fully saturated rings. The number of anilines is 1. The maximum absolute atomic E-state index is 13.2. The second-order valence-electron chi connectivity index (χ2n) is 7.75. The fourth-order valence-corrected chi connectivity index (χ4v) is 4.18. The highest BCUT2D eigenvalue weighted by atomic mass is 35.5. The van der Waals surface area contributed by atoms with Crippen molar-refractivity contribution in [3.63, 3.8) is 0 Å². The van der Waals surface area contributed by atoms with Crippen LogP contribution in [0.3, 0.4) is 0 Å². The van der Waals surface area contributed by atoms with Crippen LogP contribution in [-0.4, -0.2) is 50.9 Å². The van der Waals surface area contributed by atoms with Crippen LogP contribution in [0.5, 0.6) is 0 Å². The topological polar surface area (TPSA) is 36.3 Å². The first-order valence-corrected chi connectivity index (χ1v) is 11.1. The zero-order valence-electron chi connectivity index (χ0n) is 17.4. The Morgan fingerprint density at radius 3 is 2.58 bits per heavy atom. The minimum atomic E-state index is -0.309. The highest BCUT2D eigenvalue weighted by Gasteiger charge is 2.20.